The Morgan fingerprint density at radius 2 is 1.92 bits per heavy atom. The quantitative estimate of drug-likeness (QED) is 0.476. The molecule has 132 valence electrons. The predicted molar refractivity (Wildman–Crippen MR) is 95.4 cm³/mol. The van der Waals surface area contributed by atoms with E-state index < -0.39 is 10.5 Å². The summed E-state index contributed by atoms with van der Waals surface area (Å²) in [4.78, 5) is 23.2. The number of benzene rings is 2. The first-order chi connectivity index (χ1) is 11.8. The third kappa shape index (κ3) is 3.55. The van der Waals surface area contributed by atoms with Crippen molar-refractivity contribution in [2.24, 2.45) is 0 Å². The van der Waals surface area contributed by atoms with Crippen molar-refractivity contribution in [3.63, 3.8) is 0 Å². The minimum absolute atomic E-state index is 0.0974. The molecular weight excluding hydrogens is 322 g/mol. The molecule has 0 fully saturated rings. The van der Waals surface area contributed by atoms with Gasteiger partial charge in [0.15, 0.2) is 0 Å². The van der Waals surface area contributed by atoms with Crippen LogP contribution in [0.1, 0.15) is 24.5 Å². The molecule has 2 aromatic rings. The van der Waals surface area contributed by atoms with Gasteiger partial charge in [0.2, 0.25) is 5.60 Å². The van der Waals surface area contributed by atoms with Crippen LogP contribution in [0.5, 0.6) is 5.75 Å². The molecule has 1 atom stereocenters. The van der Waals surface area contributed by atoms with Crippen molar-refractivity contribution in [2.45, 2.75) is 25.9 Å². The fourth-order valence-electron chi connectivity index (χ4n) is 2.63. The molecule has 0 radical (unpaired) electrons. The SMILES string of the molecule is CCC(Oc1cc([N+](=O)[O-])ccc1C)(C(=O)NC)c1ccc(N)cc1. The fourth-order valence-corrected chi connectivity index (χ4v) is 2.63. The number of amides is 1. The van der Waals surface area contributed by atoms with Gasteiger partial charge < -0.3 is 15.8 Å². The van der Waals surface area contributed by atoms with Crippen LogP contribution in [0.15, 0.2) is 42.5 Å². The Morgan fingerprint density at radius 1 is 1.28 bits per heavy atom. The van der Waals surface area contributed by atoms with Crippen LogP contribution in [-0.2, 0) is 10.4 Å². The highest BCUT2D eigenvalue weighted by molar-refractivity contribution is 5.87. The van der Waals surface area contributed by atoms with Crippen molar-refractivity contribution in [1.29, 1.82) is 0 Å². The Balaban J connectivity index is 2.57. The number of hydrogen-bond acceptors (Lipinski definition) is 5. The van der Waals surface area contributed by atoms with E-state index in [1.54, 1.807) is 37.3 Å². The normalized spacial score (nSPS) is 12.9. The molecule has 0 aliphatic rings. The second-order valence-electron chi connectivity index (χ2n) is 5.69. The zero-order valence-electron chi connectivity index (χ0n) is 14.4. The van der Waals surface area contributed by atoms with E-state index in [9.17, 15) is 14.9 Å². The summed E-state index contributed by atoms with van der Waals surface area (Å²) in [5.74, 6) is -0.0536. The van der Waals surface area contributed by atoms with Gasteiger partial charge in [0.1, 0.15) is 5.75 Å². The van der Waals surface area contributed by atoms with E-state index in [4.69, 9.17) is 10.5 Å². The Kier molecular flexibility index (Phi) is 5.26. The van der Waals surface area contributed by atoms with Crippen molar-refractivity contribution in [3.8, 4) is 5.75 Å². The summed E-state index contributed by atoms with van der Waals surface area (Å²) in [7, 11) is 1.52. The number of nitrogens with two attached hydrogens (primary N) is 1. The topological polar surface area (TPSA) is 107 Å². The van der Waals surface area contributed by atoms with Gasteiger partial charge in [-0.1, -0.05) is 19.1 Å². The lowest BCUT2D eigenvalue weighted by Crippen LogP contribution is -2.47. The van der Waals surface area contributed by atoms with Crippen LogP contribution >= 0.6 is 0 Å². The maximum atomic E-state index is 12.7. The molecule has 2 aromatic carbocycles. The van der Waals surface area contributed by atoms with E-state index >= 15 is 0 Å². The average Bonchev–Trinajstić information content (AvgIpc) is 2.61. The van der Waals surface area contributed by atoms with Crippen LogP contribution in [0.25, 0.3) is 0 Å². The molecule has 1 amide bonds. The number of nitrogens with one attached hydrogen (secondary N) is 1. The number of ether oxygens (including phenoxy) is 1. The molecule has 1 unspecified atom stereocenters. The lowest BCUT2D eigenvalue weighted by Gasteiger charge is -2.32. The maximum absolute atomic E-state index is 12.7. The number of nitro benzene ring substituents is 1. The second-order valence-corrected chi connectivity index (χ2v) is 5.69. The Morgan fingerprint density at radius 3 is 2.44 bits per heavy atom. The molecule has 0 aliphatic carbocycles. The van der Waals surface area contributed by atoms with E-state index in [1.165, 1.54) is 19.2 Å². The van der Waals surface area contributed by atoms with Crippen LogP contribution in [0, 0.1) is 17.0 Å². The molecule has 0 aromatic heterocycles. The van der Waals surface area contributed by atoms with Crippen LogP contribution in [0.4, 0.5) is 11.4 Å². The Hall–Kier alpha value is -3.09. The number of carbonyl (C=O) groups is 1. The second kappa shape index (κ2) is 7.21. The molecule has 25 heavy (non-hydrogen) atoms. The first kappa shape index (κ1) is 18.3. The van der Waals surface area contributed by atoms with Gasteiger partial charge in [-0.25, -0.2) is 0 Å². The van der Waals surface area contributed by atoms with Crippen molar-refractivity contribution < 1.29 is 14.5 Å². The molecule has 0 saturated carbocycles. The number of anilines is 1. The largest absolute Gasteiger partial charge is 0.472 e. The molecule has 0 spiro atoms. The van der Waals surface area contributed by atoms with E-state index in [2.05, 4.69) is 5.32 Å². The molecule has 3 N–H and O–H groups in total. The number of non-ortho nitro benzene ring substituents is 1. The third-order valence-electron chi connectivity index (χ3n) is 4.14. The summed E-state index contributed by atoms with van der Waals surface area (Å²) in [6.45, 7) is 3.59. The number of aryl methyl sites for hydroxylation is 1. The van der Waals surface area contributed by atoms with Crippen molar-refractivity contribution in [1.82, 2.24) is 5.32 Å². The minimum Gasteiger partial charge on any atom is -0.472 e. The van der Waals surface area contributed by atoms with E-state index in [0.29, 0.717) is 23.2 Å². The number of rotatable bonds is 6. The number of nitro groups is 1. The summed E-state index contributed by atoms with van der Waals surface area (Å²) in [6.07, 6.45) is 0.332. The average molecular weight is 343 g/mol. The van der Waals surface area contributed by atoms with Gasteiger partial charge in [0.25, 0.3) is 11.6 Å². The molecule has 7 heteroatoms. The van der Waals surface area contributed by atoms with Gasteiger partial charge >= 0.3 is 0 Å². The molecule has 0 saturated heterocycles. The van der Waals surface area contributed by atoms with Gasteiger partial charge in [-0.3, -0.25) is 14.9 Å². The lowest BCUT2D eigenvalue weighted by atomic mass is 9.89. The van der Waals surface area contributed by atoms with E-state index in [1.807, 2.05) is 6.92 Å². The maximum Gasteiger partial charge on any atom is 0.273 e. The van der Waals surface area contributed by atoms with Crippen LogP contribution in [-0.4, -0.2) is 17.9 Å². The van der Waals surface area contributed by atoms with Crippen molar-refractivity contribution in [2.75, 3.05) is 12.8 Å². The number of likely N-dealkylation sites (N-methyl/N-ethyl adjacent to an activating group) is 1. The summed E-state index contributed by atoms with van der Waals surface area (Å²) in [6, 6.07) is 11.2. The standard InChI is InChI=1S/C18H21N3O4/c1-4-18(17(22)20-3,13-6-8-14(19)9-7-13)25-16-11-15(21(23)24)10-5-12(16)2/h5-11H,4,19H2,1-3H3,(H,20,22). The van der Waals surface area contributed by atoms with Gasteiger partial charge in [0, 0.05) is 24.4 Å². The van der Waals surface area contributed by atoms with Crippen LogP contribution in [0.3, 0.4) is 0 Å². The summed E-state index contributed by atoms with van der Waals surface area (Å²) in [5.41, 5.74) is 6.20. The highest BCUT2D eigenvalue weighted by Crippen LogP contribution is 2.35. The van der Waals surface area contributed by atoms with Gasteiger partial charge in [-0.05, 0) is 37.1 Å². The molecule has 2 rings (SSSR count). The van der Waals surface area contributed by atoms with Crippen molar-refractivity contribution >= 4 is 17.3 Å². The number of carbonyl (C=O) groups excluding carboxylic acids is 1. The Labute approximate surface area is 145 Å². The van der Waals surface area contributed by atoms with Gasteiger partial charge in [-0.2, -0.15) is 0 Å². The van der Waals surface area contributed by atoms with Crippen molar-refractivity contribution in [3.05, 3.63) is 63.7 Å². The van der Waals surface area contributed by atoms with E-state index in [-0.39, 0.29) is 17.3 Å². The number of hydrogen-bond donors (Lipinski definition) is 2. The minimum atomic E-state index is -1.32. The molecule has 7 nitrogen and oxygen atoms in total. The molecule has 0 aliphatic heterocycles. The van der Waals surface area contributed by atoms with Crippen LogP contribution < -0.4 is 15.8 Å². The molecular formula is C18H21N3O4. The Bertz CT molecular complexity index is 789. The lowest BCUT2D eigenvalue weighted by molar-refractivity contribution is -0.385. The zero-order chi connectivity index (χ0) is 18.6. The summed E-state index contributed by atoms with van der Waals surface area (Å²) >= 11 is 0. The number of nitrogen functional groups attached to an aromatic ring is 1. The molecule has 0 bridgehead atoms. The smallest absolute Gasteiger partial charge is 0.273 e. The highest BCUT2D eigenvalue weighted by atomic mass is 16.6. The fraction of sp³-hybridized carbons (Fsp3) is 0.278. The number of nitrogens with zero attached hydrogens (tertiary/aromatic N) is 1. The first-order valence-electron chi connectivity index (χ1n) is 7.86. The predicted octanol–water partition coefficient (Wildman–Crippen LogP) is 2.92. The first-order valence-corrected chi connectivity index (χ1v) is 7.86. The van der Waals surface area contributed by atoms with Gasteiger partial charge in [0.05, 0.1) is 11.0 Å². The van der Waals surface area contributed by atoms with E-state index in [0.717, 1.165) is 0 Å². The monoisotopic (exact) mass is 343 g/mol. The van der Waals surface area contributed by atoms with Gasteiger partial charge in [-0.15, -0.1) is 0 Å². The highest BCUT2D eigenvalue weighted by Gasteiger charge is 2.41. The van der Waals surface area contributed by atoms with Crippen LogP contribution in [0.2, 0.25) is 0 Å². The summed E-state index contributed by atoms with van der Waals surface area (Å²) < 4.78 is 6.09. The summed E-state index contributed by atoms with van der Waals surface area (Å²) in [5, 5.41) is 13.7. The third-order valence-corrected chi connectivity index (χ3v) is 4.14. The molecule has 0 heterocycles. The zero-order valence-corrected chi connectivity index (χ0v) is 14.4.